The summed E-state index contributed by atoms with van der Waals surface area (Å²) in [5.74, 6) is 2.47. The fraction of sp³-hybridized carbons (Fsp3) is 0.304. The topological polar surface area (TPSA) is 85.8 Å². The van der Waals surface area contributed by atoms with E-state index < -0.39 is 0 Å². The van der Waals surface area contributed by atoms with Crippen molar-refractivity contribution in [3.8, 4) is 11.3 Å². The molecule has 158 valence electrons. The summed E-state index contributed by atoms with van der Waals surface area (Å²) in [6, 6.07) is 9.42. The first-order valence-electron chi connectivity index (χ1n) is 10.2. The largest absolute Gasteiger partial charge is 0.461 e. The van der Waals surface area contributed by atoms with E-state index >= 15 is 0 Å². The van der Waals surface area contributed by atoms with Gasteiger partial charge in [0.2, 0.25) is 0 Å². The highest BCUT2D eigenvalue weighted by molar-refractivity contribution is 5.60. The molecule has 31 heavy (non-hydrogen) atoms. The molecule has 0 fully saturated rings. The molecule has 4 aromatic heterocycles. The minimum atomic E-state index is -0.215. The van der Waals surface area contributed by atoms with Crippen LogP contribution in [-0.2, 0) is 24.3 Å². The van der Waals surface area contributed by atoms with E-state index in [1.807, 2.05) is 38.2 Å². The molecule has 8 heteroatoms. The van der Waals surface area contributed by atoms with Crippen molar-refractivity contribution in [2.45, 2.75) is 33.4 Å². The van der Waals surface area contributed by atoms with Crippen LogP contribution in [0.3, 0.4) is 0 Å². The Morgan fingerprint density at radius 2 is 2.06 bits per heavy atom. The Labute approximate surface area is 179 Å². The minimum absolute atomic E-state index is 0.215. The fourth-order valence-electron chi connectivity index (χ4n) is 4.03. The molecule has 0 saturated heterocycles. The Balaban J connectivity index is 1.50. The van der Waals surface area contributed by atoms with Crippen LogP contribution in [0, 0.1) is 13.8 Å². The number of ether oxygens (including phenoxy) is 1. The van der Waals surface area contributed by atoms with Crippen LogP contribution in [0.25, 0.3) is 17.0 Å². The summed E-state index contributed by atoms with van der Waals surface area (Å²) in [5.41, 5.74) is 5.06. The summed E-state index contributed by atoms with van der Waals surface area (Å²) in [4.78, 5) is 23.9. The van der Waals surface area contributed by atoms with E-state index in [2.05, 4.69) is 26.0 Å². The number of nitrogens with zero attached hydrogens (tertiary/aromatic N) is 5. The molecule has 8 nitrogen and oxygen atoms in total. The van der Waals surface area contributed by atoms with Crippen molar-refractivity contribution in [1.29, 1.82) is 0 Å². The van der Waals surface area contributed by atoms with Crippen LogP contribution in [0.2, 0.25) is 0 Å². The number of hydrogen-bond donors (Lipinski definition) is 0. The third-order valence-corrected chi connectivity index (χ3v) is 5.52. The lowest BCUT2D eigenvalue weighted by molar-refractivity contribution is 0.181. The molecule has 5 rings (SSSR count). The lowest BCUT2D eigenvalue weighted by Crippen LogP contribution is -2.33. The van der Waals surface area contributed by atoms with Gasteiger partial charge in [-0.2, -0.15) is 4.52 Å². The first kappa shape index (κ1) is 19.4. The first-order valence-corrected chi connectivity index (χ1v) is 10.2. The van der Waals surface area contributed by atoms with Gasteiger partial charge in [0.15, 0.2) is 11.5 Å². The normalized spacial score (nSPS) is 13.6. The predicted molar refractivity (Wildman–Crippen MR) is 116 cm³/mol. The second-order valence-electron chi connectivity index (χ2n) is 7.85. The lowest BCUT2D eigenvalue weighted by atomic mass is 10.0. The highest BCUT2D eigenvalue weighted by atomic mass is 16.5. The van der Waals surface area contributed by atoms with Gasteiger partial charge in [0, 0.05) is 50.1 Å². The van der Waals surface area contributed by atoms with Gasteiger partial charge in [-0.3, -0.25) is 9.78 Å². The molecule has 0 N–H and O–H groups in total. The van der Waals surface area contributed by atoms with Crippen LogP contribution < -0.4 is 10.5 Å². The summed E-state index contributed by atoms with van der Waals surface area (Å²) in [6.45, 7) is 5.66. The molecule has 0 atom stereocenters. The van der Waals surface area contributed by atoms with Gasteiger partial charge in [0.1, 0.15) is 11.5 Å². The molecule has 0 spiro atoms. The molecule has 4 aromatic rings. The number of rotatable bonds is 4. The number of pyridine rings is 1. The quantitative estimate of drug-likeness (QED) is 0.504. The zero-order valence-corrected chi connectivity index (χ0v) is 17.8. The number of aryl methyl sites for hydroxylation is 2. The van der Waals surface area contributed by atoms with Crippen molar-refractivity contribution < 1.29 is 9.15 Å². The SMILES string of the molecule is COCc1cc(=O)n2nc(N3CCc4ncc(-c5ccc(C)o5)cc4C3)c(C)cc2n1. The number of furan rings is 1. The molecule has 5 heterocycles. The van der Waals surface area contributed by atoms with Crippen LogP contribution in [0.4, 0.5) is 5.82 Å². The number of methoxy groups -OCH3 is 1. The fourth-order valence-corrected chi connectivity index (χ4v) is 4.03. The minimum Gasteiger partial charge on any atom is -0.461 e. The molecule has 0 saturated carbocycles. The molecular weight excluding hydrogens is 394 g/mol. The Morgan fingerprint density at radius 1 is 1.19 bits per heavy atom. The van der Waals surface area contributed by atoms with E-state index in [4.69, 9.17) is 9.15 Å². The predicted octanol–water partition coefficient (Wildman–Crippen LogP) is 3.07. The van der Waals surface area contributed by atoms with Crippen LogP contribution >= 0.6 is 0 Å². The molecule has 1 aliphatic rings. The Bertz CT molecular complexity index is 1340. The molecule has 0 amide bonds. The summed E-state index contributed by atoms with van der Waals surface area (Å²) < 4.78 is 12.2. The number of hydrogen-bond acceptors (Lipinski definition) is 7. The zero-order chi connectivity index (χ0) is 21.5. The first-order chi connectivity index (χ1) is 15.0. The summed E-state index contributed by atoms with van der Waals surface area (Å²) in [6.07, 6.45) is 2.68. The maximum absolute atomic E-state index is 12.6. The lowest BCUT2D eigenvalue weighted by Gasteiger charge is -2.30. The van der Waals surface area contributed by atoms with Gasteiger partial charge in [-0.1, -0.05) is 0 Å². The van der Waals surface area contributed by atoms with Gasteiger partial charge in [-0.25, -0.2) is 4.98 Å². The van der Waals surface area contributed by atoms with Crippen molar-refractivity contribution in [3.63, 3.8) is 0 Å². The van der Waals surface area contributed by atoms with Crippen molar-refractivity contribution in [2.24, 2.45) is 0 Å². The van der Waals surface area contributed by atoms with E-state index in [-0.39, 0.29) is 5.56 Å². The van der Waals surface area contributed by atoms with Gasteiger partial charge in [0.05, 0.1) is 12.3 Å². The number of anilines is 1. The second-order valence-corrected chi connectivity index (χ2v) is 7.85. The average Bonchev–Trinajstić information content (AvgIpc) is 3.19. The number of fused-ring (bicyclic) bond motifs is 2. The Hall–Kier alpha value is -3.52. The molecule has 0 radical (unpaired) electrons. The summed E-state index contributed by atoms with van der Waals surface area (Å²) in [7, 11) is 1.58. The smallest absolute Gasteiger partial charge is 0.274 e. The molecule has 1 aliphatic heterocycles. The molecule has 0 unspecified atom stereocenters. The van der Waals surface area contributed by atoms with E-state index in [1.165, 1.54) is 10.6 Å². The molecular formula is C23H23N5O3. The maximum Gasteiger partial charge on any atom is 0.274 e. The molecule has 0 aliphatic carbocycles. The Kier molecular flexibility index (Phi) is 4.78. The van der Waals surface area contributed by atoms with Crippen LogP contribution in [0.1, 0.15) is 28.3 Å². The standard InChI is InChI=1S/C23H23N5O3/c1-14-8-21-25-18(13-30-3)10-22(29)28(21)26-23(14)27-7-6-19-17(12-27)9-16(11-24-19)20-5-4-15(2)31-20/h4-5,8-11H,6-7,12-13H2,1-3H3. The van der Waals surface area contributed by atoms with Gasteiger partial charge in [-0.05, 0) is 49.2 Å². The van der Waals surface area contributed by atoms with Crippen LogP contribution in [-0.4, -0.2) is 33.2 Å². The van der Waals surface area contributed by atoms with Gasteiger partial charge in [0.25, 0.3) is 5.56 Å². The van der Waals surface area contributed by atoms with Gasteiger partial charge < -0.3 is 14.1 Å². The highest BCUT2D eigenvalue weighted by Crippen LogP contribution is 2.28. The van der Waals surface area contributed by atoms with Crippen molar-refractivity contribution in [3.05, 3.63) is 75.2 Å². The third kappa shape index (κ3) is 3.59. The van der Waals surface area contributed by atoms with E-state index in [1.54, 1.807) is 7.11 Å². The van der Waals surface area contributed by atoms with Crippen LogP contribution in [0.15, 0.2) is 45.7 Å². The molecule has 0 aromatic carbocycles. The summed E-state index contributed by atoms with van der Waals surface area (Å²) in [5, 5.41) is 4.64. The van der Waals surface area contributed by atoms with Gasteiger partial charge >= 0.3 is 0 Å². The molecule has 0 bridgehead atoms. The third-order valence-electron chi connectivity index (χ3n) is 5.52. The second kappa shape index (κ2) is 7.63. The summed E-state index contributed by atoms with van der Waals surface area (Å²) >= 11 is 0. The van der Waals surface area contributed by atoms with E-state index in [0.717, 1.165) is 52.7 Å². The monoisotopic (exact) mass is 417 g/mol. The Morgan fingerprint density at radius 3 is 2.84 bits per heavy atom. The van der Waals surface area contributed by atoms with E-state index in [9.17, 15) is 4.79 Å². The van der Waals surface area contributed by atoms with Crippen molar-refractivity contribution in [1.82, 2.24) is 19.6 Å². The highest BCUT2D eigenvalue weighted by Gasteiger charge is 2.22. The van der Waals surface area contributed by atoms with Crippen LogP contribution in [0.5, 0.6) is 0 Å². The van der Waals surface area contributed by atoms with Crippen molar-refractivity contribution >= 4 is 11.5 Å². The number of aromatic nitrogens is 4. The van der Waals surface area contributed by atoms with Crippen molar-refractivity contribution in [2.75, 3.05) is 18.6 Å². The zero-order valence-electron chi connectivity index (χ0n) is 17.8. The maximum atomic E-state index is 12.6. The van der Waals surface area contributed by atoms with Gasteiger partial charge in [-0.15, -0.1) is 5.10 Å². The van der Waals surface area contributed by atoms with E-state index in [0.29, 0.717) is 24.5 Å². The average molecular weight is 417 g/mol.